The summed E-state index contributed by atoms with van der Waals surface area (Å²) in [5.41, 5.74) is 3.22. The predicted octanol–water partition coefficient (Wildman–Crippen LogP) is 4.46. The largest absolute Gasteiger partial charge is 0.480 e. The second-order valence-corrected chi connectivity index (χ2v) is 8.50. The zero-order valence-electron chi connectivity index (χ0n) is 17.5. The van der Waals surface area contributed by atoms with Crippen molar-refractivity contribution in [1.29, 1.82) is 0 Å². The molecule has 0 aliphatic heterocycles. The van der Waals surface area contributed by atoms with Gasteiger partial charge in [0.1, 0.15) is 6.04 Å². The minimum absolute atomic E-state index is 0.221. The number of thioether (sulfide) groups is 1. The number of carboxylic acid groups (broad SMARTS) is 1. The third-order valence-corrected chi connectivity index (χ3v) is 6.33. The van der Waals surface area contributed by atoms with Crippen LogP contribution in [0.4, 0.5) is 5.69 Å². The Morgan fingerprint density at radius 2 is 1.87 bits per heavy atom. The van der Waals surface area contributed by atoms with Crippen LogP contribution in [0, 0.1) is 0 Å². The van der Waals surface area contributed by atoms with E-state index in [4.69, 9.17) is 5.11 Å². The molecule has 0 aromatic heterocycles. The van der Waals surface area contributed by atoms with Gasteiger partial charge in [0.15, 0.2) is 0 Å². The standard InChI is InChI=1S/C20H23BrN2O3S.C2H4N2/c1-13(20(25)26)22-19(24)10-27-12-23(11-21)18-9-8-15(14-6-7-14)16-4-2-3-5-17(16)18;1-3-4-2/h2-5,8-9,13-14H,6-7,10-12H2,1H3,(H,22,24)(H,25,26);1-2H2. The second-order valence-electron chi connectivity index (χ2n) is 7.04. The number of amides is 1. The molecule has 2 aromatic rings. The van der Waals surface area contributed by atoms with E-state index in [1.165, 1.54) is 47.9 Å². The summed E-state index contributed by atoms with van der Waals surface area (Å²) in [5.74, 6) is 0.248. The van der Waals surface area contributed by atoms with Gasteiger partial charge >= 0.3 is 5.97 Å². The Morgan fingerprint density at radius 1 is 1.23 bits per heavy atom. The van der Waals surface area contributed by atoms with Gasteiger partial charge in [-0.15, -0.1) is 11.8 Å². The van der Waals surface area contributed by atoms with Crippen LogP contribution in [0.1, 0.15) is 31.2 Å². The summed E-state index contributed by atoms with van der Waals surface area (Å²) in [7, 11) is 0. The van der Waals surface area contributed by atoms with Crippen molar-refractivity contribution in [1.82, 2.24) is 5.32 Å². The molecule has 1 amide bonds. The van der Waals surface area contributed by atoms with Crippen LogP contribution in [0.3, 0.4) is 0 Å². The van der Waals surface area contributed by atoms with Gasteiger partial charge in [-0.05, 0) is 42.7 Å². The van der Waals surface area contributed by atoms with E-state index >= 15 is 0 Å². The molecule has 1 saturated carbocycles. The van der Waals surface area contributed by atoms with Crippen molar-refractivity contribution in [2.75, 3.05) is 22.0 Å². The van der Waals surface area contributed by atoms with Gasteiger partial charge in [0, 0.05) is 24.5 Å². The molecule has 1 fully saturated rings. The quantitative estimate of drug-likeness (QED) is 0.163. The third kappa shape index (κ3) is 7.36. The molecule has 3 rings (SSSR count). The average Bonchev–Trinajstić information content (AvgIpc) is 3.61. The molecule has 0 spiro atoms. The number of hydrogen-bond acceptors (Lipinski definition) is 6. The van der Waals surface area contributed by atoms with Crippen molar-refractivity contribution in [2.45, 2.75) is 31.7 Å². The highest BCUT2D eigenvalue weighted by Gasteiger charge is 2.26. The van der Waals surface area contributed by atoms with E-state index in [1.54, 1.807) is 0 Å². The van der Waals surface area contributed by atoms with Crippen LogP contribution in [0.25, 0.3) is 10.8 Å². The first kappa shape index (κ1) is 24.9. The van der Waals surface area contributed by atoms with E-state index < -0.39 is 12.0 Å². The number of benzene rings is 2. The predicted molar refractivity (Wildman–Crippen MR) is 134 cm³/mol. The maximum atomic E-state index is 11.9. The molecule has 1 aliphatic carbocycles. The van der Waals surface area contributed by atoms with E-state index in [0.717, 1.165) is 5.69 Å². The van der Waals surface area contributed by atoms with Gasteiger partial charge in [0.05, 0.1) is 17.1 Å². The van der Waals surface area contributed by atoms with Gasteiger partial charge in [0.2, 0.25) is 5.91 Å². The Morgan fingerprint density at radius 3 is 2.42 bits per heavy atom. The van der Waals surface area contributed by atoms with Crippen LogP contribution in [0.5, 0.6) is 0 Å². The maximum Gasteiger partial charge on any atom is 0.325 e. The lowest BCUT2D eigenvalue weighted by Gasteiger charge is -2.24. The zero-order chi connectivity index (χ0) is 22.8. The Labute approximate surface area is 195 Å². The molecule has 1 atom stereocenters. The number of carbonyl (C=O) groups is 2. The Hall–Kier alpha value is -2.39. The monoisotopic (exact) mass is 506 g/mol. The normalized spacial score (nSPS) is 13.5. The Kier molecular flexibility index (Phi) is 10.00. The number of anilines is 1. The summed E-state index contributed by atoms with van der Waals surface area (Å²) in [6.07, 6.45) is 2.54. The lowest BCUT2D eigenvalue weighted by Crippen LogP contribution is -2.39. The van der Waals surface area contributed by atoms with Gasteiger partial charge < -0.3 is 15.3 Å². The van der Waals surface area contributed by atoms with Gasteiger partial charge in [0.25, 0.3) is 0 Å². The van der Waals surface area contributed by atoms with Crippen molar-refractivity contribution in [3.8, 4) is 0 Å². The molecule has 2 aromatic carbocycles. The van der Waals surface area contributed by atoms with E-state index in [1.807, 2.05) is 0 Å². The Balaban J connectivity index is 0.000000785. The van der Waals surface area contributed by atoms with Crippen molar-refractivity contribution < 1.29 is 14.7 Å². The van der Waals surface area contributed by atoms with Crippen LogP contribution in [0.2, 0.25) is 0 Å². The van der Waals surface area contributed by atoms with Gasteiger partial charge in [-0.25, -0.2) is 0 Å². The number of nitrogens with one attached hydrogen (secondary N) is 1. The van der Waals surface area contributed by atoms with Crippen molar-refractivity contribution in [2.24, 2.45) is 10.2 Å². The molecule has 7 nitrogen and oxygen atoms in total. The fraction of sp³-hybridized carbons (Fsp3) is 0.364. The topological polar surface area (TPSA) is 94.4 Å². The van der Waals surface area contributed by atoms with Crippen molar-refractivity contribution in [3.05, 3.63) is 42.0 Å². The van der Waals surface area contributed by atoms with Crippen molar-refractivity contribution >= 4 is 69.5 Å². The van der Waals surface area contributed by atoms with Gasteiger partial charge in [-0.1, -0.05) is 46.3 Å². The first-order valence-corrected chi connectivity index (χ1v) is 12.0. The maximum absolute atomic E-state index is 11.9. The summed E-state index contributed by atoms with van der Waals surface area (Å²) < 4.78 is 0. The van der Waals surface area contributed by atoms with Gasteiger partial charge in [-0.2, -0.15) is 10.2 Å². The SMILES string of the molecule is C=NN=C.CC(NC(=O)CSCN(CBr)c1ccc(C2CC2)c2ccccc12)C(=O)O. The summed E-state index contributed by atoms with van der Waals surface area (Å²) in [4.78, 5) is 24.9. The minimum atomic E-state index is -1.03. The number of halogens is 1. The lowest BCUT2D eigenvalue weighted by molar-refractivity contribution is -0.140. The molecule has 0 saturated heterocycles. The molecule has 0 bridgehead atoms. The molecule has 1 unspecified atom stereocenters. The van der Waals surface area contributed by atoms with Crippen LogP contribution in [-0.2, 0) is 9.59 Å². The van der Waals surface area contributed by atoms with Crippen molar-refractivity contribution in [3.63, 3.8) is 0 Å². The van der Waals surface area contributed by atoms with Crippen LogP contribution in [0.15, 0.2) is 46.6 Å². The van der Waals surface area contributed by atoms with Crippen LogP contribution in [-0.4, -0.2) is 53.5 Å². The number of aliphatic carboxylic acids is 1. The summed E-state index contributed by atoms with van der Waals surface area (Å²) >= 11 is 5.02. The van der Waals surface area contributed by atoms with Crippen LogP contribution < -0.4 is 10.2 Å². The highest BCUT2D eigenvalue weighted by atomic mass is 79.9. The fourth-order valence-electron chi connectivity index (χ4n) is 3.09. The molecular formula is C22H27BrN4O3S. The number of carbonyl (C=O) groups excluding carboxylic acids is 1. The van der Waals surface area contributed by atoms with E-state index in [0.29, 0.717) is 17.2 Å². The number of rotatable bonds is 10. The Bertz CT molecular complexity index is 930. The zero-order valence-corrected chi connectivity index (χ0v) is 19.9. The van der Waals surface area contributed by atoms with E-state index in [9.17, 15) is 9.59 Å². The highest BCUT2D eigenvalue weighted by molar-refractivity contribution is 9.09. The molecule has 2 N–H and O–H groups in total. The third-order valence-electron chi connectivity index (χ3n) is 4.77. The average molecular weight is 507 g/mol. The molecule has 166 valence electrons. The number of carboxylic acids is 1. The second kappa shape index (κ2) is 12.5. The number of alkyl halides is 1. The fourth-order valence-corrected chi connectivity index (χ4v) is 4.59. The van der Waals surface area contributed by atoms with E-state index in [-0.39, 0.29) is 11.7 Å². The molecule has 1 aliphatic rings. The lowest BCUT2D eigenvalue weighted by atomic mass is 9.99. The minimum Gasteiger partial charge on any atom is -0.480 e. The smallest absolute Gasteiger partial charge is 0.325 e. The first-order chi connectivity index (χ1) is 14.9. The number of hydrogen-bond donors (Lipinski definition) is 2. The number of nitrogens with zero attached hydrogens (tertiary/aromatic N) is 3. The summed E-state index contributed by atoms with van der Waals surface area (Å²) in [6, 6.07) is 12.0. The highest BCUT2D eigenvalue weighted by Crippen LogP contribution is 2.44. The summed E-state index contributed by atoms with van der Waals surface area (Å²) in [5, 5.41) is 19.9. The molecule has 0 heterocycles. The van der Waals surface area contributed by atoms with E-state index in [2.05, 4.69) is 86.2 Å². The first-order valence-electron chi connectivity index (χ1n) is 9.77. The molecular weight excluding hydrogens is 480 g/mol. The molecule has 31 heavy (non-hydrogen) atoms. The molecule has 0 radical (unpaired) electrons. The molecule has 9 heteroatoms. The van der Waals surface area contributed by atoms with Gasteiger partial charge in [-0.3, -0.25) is 9.59 Å². The summed E-state index contributed by atoms with van der Waals surface area (Å²) in [6.45, 7) is 7.46. The number of fused-ring (bicyclic) bond motifs is 1. The van der Waals surface area contributed by atoms with Crippen LogP contribution >= 0.6 is 27.7 Å².